The van der Waals surface area contributed by atoms with Crippen LogP contribution in [0.25, 0.3) is 0 Å². The van der Waals surface area contributed by atoms with Gasteiger partial charge in [-0.05, 0) is 31.4 Å². The molecule has 2 N–H and O–H groups in total. The van der Waals surface area contributed by atoms with Crippen LogP contribution in [0.5, 0.6) is 0 Å². The Labute approximate surface area is 129 Å². The van der Waals surface area contributed by atoms with Gasteiger partial charge in [-0.15, -0.1) is 0 Å². The van der Waals surface area contributed by atoms with Gasteiger partial charge in [-0.3, -0.25) is 9.48 Å². The zero-order chi connectivity index (χ0) is 15.0. The molecule has 1 atom stereocenters. The van der Waals surface area contributed by atoms with Gasteiger partial charge >= 0.3 is 0 Å². The van der Waals surface area contributed by atoms with Crippen LogP contribution in [0.15, 0.2) is 42.6 Å². The molecule has 2 aromatic rings. The summed E-state index contributed by atoms with van der Waals surface area (Å²) in [5.41, 5.74) is 0.756. The Morgan fingerprint density at radius 1 is 1.27 bits per heavy atom. The third kappa shape index (κ3) is 2.31. The highest BCUT2D eigenvalue weighted by atomic mass is 16.2. The van der Waals surface area contributed by atoms with E-state index in [1.165, 1.54) is 0 Å². The molecule has 0 spiro atoms. The largest absolute Gasteiger partial charge is 0.315 e. The van der Waals surface area contributed by atoms with E-state index in [4.69, 9.17) is 0 Å². The number of anilines is 1. The van der Waals surface area contributed by atoms with Crippen molar-refractivity contribution in [3.8, 4) is 0 Å². The van der Waals surface area contributed by atoms with Crippen molar-refractivity contribution >= 4 is 11.7 Å². The van der Waals surface area contributed by atoms with Crippen LogP contribution >= 0.6 is 0 Å². The third-order valence-electron chi connectivity index (χ3n) is 4.77. The van der Waals surface area contributed by atoms with Crippen molar-refractivity contribution in [3.05, 3.63) is 48.2 Å². The van der Waals surface area contributed by atoms with E-state index in [2.05, 4.69) is 15.7 Å². The van der Waals surface area contributed by atoms with E-state index in [9.17, 15) is 4.79 Å². The highest BCUT2D eigenvalue weighted by molar-refractivity contribution is 6.00. The maximum atomic E-state index is 12.7. The minimum absolute atomic E-state index is 0.0634. The number of rotatable bonds is 4. The minimum Gasteiger partial charge on any atom is -0.315 e. The van der Waals surface area contributed by atoms with Gasteiger partial charge in [-0.2, -0.15) is 5.10 Å². The molecule has 1 aromatic heterocycles. The Kier molecular flexibility index (Phi) is 3.22. The molecule has 2 fully saturated rings. The van der Waals surface area contributed by atoms with Crippen LogP contribution in [0.3, 0.4) is 0 Å². The van der Waals surface area contributed by atoms with Gasteiger partial charge in [0.1, 0.15) is 0 Å². The summed E-state index contributed by atoms with van der Waals surface area (Å²) in [6, 6.07) is 12.3. The Morgan fingerprint density at radius 2 is 2.09 bits per heavy atom. The van der Waals surface area contributed by atoms with E-state index >= 15 is 0 Å². The maximum Gasteiger partial charge on any atom is 0.236 e. The van der Waals surface area contributed by atoms with Crippen LogP contribution in [0.2, 0.25) is 0 Å². The van der Waals surface area contributed by atoms with Gasteiger partial charge < -0.3 is 10.6 Å². The molecule has 114 valence electrons. The molecule has 2 heterocycles. The number of hydrogen-bond acceptors (Lipinski definition) is 3. The molecule has 4 rings (SSSR count). The average molecular weight is 296 g/mol. The van der Waals surface area contributed by atoms with E-state index in [1.807, 2.05) is 47.3 Å². The van der Waals surface area contributed by atoms with E-state index in [0.717, 1.165) is 37.9 Å². The van der Waals surface area contributed by atoms with Crippen LogP contribution in [-0.2, 0) is 10.2 Å². The molecule has 5 nitrogen and oxygen atoms in total. The number of nitrogens with zero attached hydrogens (tertiary/aromatic N) is 2. The van der Waals surface area contributed by atoms with Crippen molar-refractivity contribution in [1.82, 2.24) is 15.1 Å². The number of benzene rings is 1. The molecule has 0 bridgehead atoms. The van der Waals surface area contributed by atoms with Gasteiger partial charge in [0.25, 0.3) is 0 Å². The summed E-state index contributed by atoms with van der Waals surface area (Å²) in [7, 11) is 0. The number of hydrogen-bond donors (Lipinski definition) is 2. The third-order valence-corrected chi connectivity index (χ3v) is 4.77. The van der Waals surface area contributed by atoms with Crippen molar-refractivity contribution in [2.24, 2.45) is 0 Å². The van der Waals surface area contributed by atoms with Crippen LogP contribution in [0.4, 0.5) is 5.82 Å². The van der Waals surface area contributed by atoms with Gasteiger partial charge in [-0.1, -0.05) is 30.3 Å². The molecule has 2 aliphatic rings. The SMILES string of the molecule is O=C(Nc1ccn([C@H]2CCNC2)n1)C1(c2ccccc2)CC1. The van der Waals surface area contributed by atoms with Crippen molar-refractivity contribution in [1.29, 1.82) is 0 Å². The van der Waals surface area contributed by atoms with E-state index in [-0.39, 0.29) is 11.3 Å². The van der Waals surface area contributed by atoms with Gasteiger partial charge in [0.05, 0.1) is 11.5 Å². The fourth-order valence-electron chi connectivity index (χ4n) is 3.24. The molecule has 1 aliphatic carbocycles. The van der Waals surface area contributed by atoms with E-state index < -0.39 is 0 Å². The summed E-state index contributed by atoms with van der Waals surface area (Å²) in [6.07, 6.45) is 4.87. The molecule has 1 saturated heterocycles. The van der Waals surface area contributed by atoms with Crippen LogP contribution in [0, 0.1) is 0 Å². The topological polar surface area (TPSA) is 59.0 Å². The molecular weight excluding hydrogens is 276 g/mol. The molecule has 22 heavy (non-hydrogen) atoms. The van der Waals surface area contributed by atoms with Gasteiger partial charge in [0, 0.05) is 18.8 Å². The lowest BCUT2D eigenvalue weighted by Crippen LogP contribution is -2.28. The summed E-state index contributed by atoms with van der Waals surface area (Å²) in [5, 5.41) is 10.8. The first-order chi connectivity index (χ1) is 10.8. The number of aromatic nitrogens is 2. The average Bonchev–Trinajstić information content (AvgIpc) is 2.97. The van der Waals surface area contributed by atoms with Crippen molar-refractivity contribution in [2.45, 2.75) is 30.7 Å². The Balaban J connectivity index is 1.48. The van der Waals surface area contributed by atoms with Crippen molar-refractivity contribution in [2.75, 3.05) is 18.4 Å². The zero-order valence-corrected chi connectivity index (χ0v) is 12.5. The number of nitrogens with one attached hydrogen (secondary N) is 2. The molecule has 1 amide bonds. The Bertz CT molecular complexity index is 669. The molecule has 0 unspecified atom stereocenters. The van der Waals surface area contributed by atoms with Gasteiger partial charge in [0.2, 0.25) is 5.91 Å². The van der Waals surface area contributed by atoms with E-state index in [0.29, 0.717) is 11.9 Å². The minimum atomic E-state index is -0.347. The molecule has 1 aliphatic heterocycles. The molecule has 1 saturated carbocycles. The number of carbonyl (C=O) groups excluding carboxylic acids is 1. The summed E-state index contributed by atoms with van der Waals surface area (Å²) in [5.74, 6) is 0.715. The Morgan fingerprint density at radius 3 is 2.77 bits per heavy atom. The molecular formula is C17H20N4O. The highest BCUT2D eigenvalue weighted by Gasteiger charge is 2.51. The molecule has 5 heteroatoms. The first kappa shape index (κ1) is 13.5. The summed E-state index contributed by atoms with van der Waals surface area (Å²) >= 11 is 0. The lowest BCUT2D eigenvalue weighted by atomic mass is 9.95. The second kappa shape index (κ2) is 5.25. The van der Waals surface area contributed by atoms with E-state index in [1.54, 1.807) is 0 Å². The maximum absolute atomic E-state index is 12.7. The Hall–Kier alpha value is -2.14. The molecule has 1 aromatic carbocycles. The summed E-state index contributed by atoms with van der Waals surface area (Å²) in [4.78, 5) is 12.7. The normalized spacial score (nSPS) is 22.5. The first-order valence-corrected chi connectivity index (χ1v) is 7.91. The lowest BCUT2D eigenvalue weighted by molar-refractivity contribution is -0.118. The second-order valence-corrected chi connectivity index (χ2v) is 6.23. The monoisotopic (exact) mass is 296 g/mol. The first-order valence-electron chi connectivity index (χ1n) is 7.91. The smallest absolute Gasteiger partial charge is 0.236 e. The van der Waals surface area contributed by atoms with Crippen LogP contribution < -0.4 is 10.6 Å². The van der Waals surface area contributed by atoms with Gasteiger partial charge in [0.15, 0.2) is 5.82 Å². The fourth-order valence-corrected chi connectivity index (χ4v) is 3.24. The fraction of sp³-hybridized carbons (Fsp3) is 0.412. The standard InChI is InChI=1S/C17H20N4O/c22-16(17(8-9-17)13-4-2-1-3-5-13)19-15-7-11-21(20-15)14-6-10-18-12-14/h1-5,7,11,14,18H,6,8-10,12H2,(H,19,20,22)/t14-/m0/s1. The van der Waals surface area contributed by atoms with Crippen LogP contribution in [-0.4, -0.2) is 28.8 Å². The van der Waals surface area contributed by atoms with Crippen molar-refractivity contribution < 1.29 is 4.79 Å². The predicted molar refractivity (Wildman–Crippen MR) is 84.7 cm³/mol. The summed E-state index contributed by atoms with van der Waals surface area (Å²) < 4.78 is 1.96. The zero-order valence-electron chi connectivity index (χ0n) is 12.5. The number of carbonyl (C=O) groups is 1. The number of amides is 1. The predicted octanol–water partition coefficient (Wildman–Crippen LogP) is 2.09. The highest BCUT2D eigenvalue weighted by Crippen LogP contribution is 2.48. The van der Waals surface area contributed by atoms with Crippen molar-refractivity contribution in [3.63, 3.8) is 0 Å². The molecule has 0 radical (unpaired) electrons. The van der Waals surface area contributed by atoms with Gasteiger partial charge in [-0.25, -0.2) is 0 Å². The summed E-state index contributed by atoms with van der Waals surface area (Å²) in [6.45, 7) is 1.98. The van der Waals surface area contributed by atoms with Crippen LogP contribution in [0.1, 0.15) is 30.9 Å². The lowest BCUT2D eigenvalue weighted by Gasteiger charge is -2.14. The quantitative estimate of drug-likeness (QED) is 0.908. The second-order valence-electron chi connectivity index (χ2n) is 6.23.